The average molecular weight is 134 g/mol. The molecule has 8 heavy (non-hydrogen) atoms. The van der Waals surface area contributed by atoms with Gasteiger partial charge in [0.05, 0.1) is 0 Å². The zero-order chi connectivity index (χ0) is 5.98. The molecule has 1 heterocycles. The lowest BCUT2D eigenvalue weighted by Crippen LogP contribution is -2.36. The highest BCUT2D eigenvalue weighted by Crippen LogP contribution is 2.13. The van der Waals surface area contributed by atoms with E-state index in [1.165, 1.54) is 0 Å². The molecule has 1 N–H and O–H groups in total. The van der Waals surface area contributed by atoms with E-state index in [0.717, 1.165) is 19.4 Å². The molecule has 2 atom stereocenters. The van der Waals surface area contributed by atoms with Crippen molar-refractivity contribution in [2.75, 3.05) is 6.54 Å². The molecule has 1 fully saturated rings. The zero-order valence-corrected chi connectivity index (χ0v) is 5.91. The van der Waals surface area contributed by atoms with Gasteiger partial charge in [-0.1, -0.05) is 0 Å². The lowest BCUT2D eigenvalue weighted by atomic mass is 10.1. The number of piperidine rings is 1. The summed E-state index contributed by atoms with van der Waals surface area (Å²) >= 11 is 5.87. The highest BCUT2D eigenvalue weighted by Gasteiger charge is 2.14. The Hall–Kier alpha value is 0.250. The number of alkyl halides is 1. The first-order valence-electron chi connectivity index (χ1n) is 3.16. The van der Waals surface area contributed by atoms with Crippen LogP contribution in [0, 0.1) is 0 Å². The summed E-state index contributed by atoms with van der Waals surface area (Å²) in [7, 11) is 0. The predicted molar refractivity (Wildman–Crippen MR) is 36.3 cm³/mol. The number of hydrogen-bond donors (Lipinski definition) is 1. The Bertz CT molecular complexity index is 66.9. The van der Waals surface area contributed by atoms with Crippen molar-refractivity contribution in [3.05, 3.63) is 0 Å². The molecule has 0 saturated carbocycles. The Balaban J connectivity index is 2.23. The van der Waals surface area contributed by atoms with Crippen molar-refractivity contribution in [1.82, 2.24) is 5.32 Å². The summed E-state index contributed by atoms with van der Waals surface area (Å²) in [4.78, 5) is 0. The quantitative estimate of drug-likeness (QED) is 0.493. The Morgan fingerprint density at radius 2 is 2.38 bits per heavy atom. The van der Waals surface area contributed by atoms with Crippen LogP contribution >= 0.6 is 11.6 Å². The molecular weight excluding hydrogens is 122 g/mol. The first-order valence-corrected chi connectivity index (χ1v) is 3.60. The molecule has 2 heteroatoms. The van der Waals surface area contributed by atoms with Crippen molar-refractivity contribution >= 4 is 11.6 Å². The number of nitrogens with one attached hydrogen (secondary N) is 1. The summed E-state index contributed by atoms with van der Waals surface area (Å²) < 4.78 is 0. The fraction of sp³-hybridized carbons (Fsp3) is 1.00. The van der Waals surface area contributed by atoms with Gasteiger partial charge in [0, 0.05) is 11.4 Å². The van der Waals surface area contributed by atoms with Crippen molar-refractivity contribution in [2.45, 2.75) is 31.2 Å². The van der Waals surface area contributed by atoms with Crippen LogP contribution in [0.15, 0.2) is 0 Å². The molecule has 1 aliphatic heterocycles. The number of halogens is 1. The highest BCUT2D eigenvalue weighted by atomic mass is 35.5. The summed E-state index contributed by atoms with van der Waals surface area (Å²) in [6, 6.07) is 0.631. The monoisotopic (exact) mass is 133 g/mol. The summed E-state index contributed by atoms with van der Waals surface area (Å²) in [6.45, 7) is 3.27. The third-order valence-corrected chi connectivity index (χ3v) is 1.96. The summed E-state index contributed by atoms with van der Waals surface area (Å²) in [5.74, 6) is 0. The smallest absolute Gasteiger partial charge is 0.0362 e. The Labute approximate surface area is 55.4 Å². The third kappa shape index (κ3) is 1.64. The molecule has 0 amide bonds. The second-order valence-corrected chi connectivity index (χ2v) is 3.09. The largest absolute Gasteiger partial charge is 0.314 e. The molecule has 0 aromatic rings. The lowest BCUT2D eigenvalue weighted by Gasteiger charge is -2.23. The first kappa shape index (κ1) is 6.37. The molecular formula is C6H12ClN. The van der Waals surface area contributed by atoms with Crippen LogP contribution in [-0.2, 0) is 0 Å². The van der Waals surface area contributed by atoms with Gasteiger partial charge in [0.1, 0.15) is 0 Å². The summed E-state index contributed by atoms with van der Waals surface area (Å²) in [6.07, 6.45) is 2.26. The van der Waals surface area contributed by atoms with Crippen LogP contribution in [0.3, 0.4) is 0 Å². The number of hydrogen-bond acceptors (Lipinski definition) is 1. The molecule has 0 bridgehead atoms. The molecule has 1 rings (SSSR count). The van der Waals surface area contributed by atoms with Crippen LogP contribution in [0.1, 0.15) is 19.8 Å². The van der Waals surface area contributed by atoms with Crippen LogP contribution < -0.4 is 5.32 Å². The van der Waals surface area contributed by atoms with Crippen LogP contribution in [0.5, 0.6) is 0 Å². The number of rotatable bonds is 0. The molecule has 0 aliphatic carbocycles. The first-order chi connectivity index (χ1) is 3.79. The molecule has 1 saturated heterocycles. The van der Waals surface area contributed by atoms with E-state index in [1.807, 2.05) is 0 Å². The SMILES string of the molecule is CC1CC(Cl)CCN1. The van der Waals surface area contributed by atoms with Crippen LogP contribution in [-0.4, -0.2) is 18.0 Å². The molecule has 2 unspecified atom stereocenters. The Kier molecular flexibility index (Phi) is 2.15. The van der Waals surface area contributed by atoms with Crippen molar-refractivity contribution in [2.24, 2.45) is 0 Å². The van der Waals surface area contributed by atoms with Gasteiger partial charge < -0.3 is 5.32 Å². The normalized spacial score (nSPS) is 39.8. The molecule has 0 aromatic heterocycles. The summed E-state index contributed by atoms with van der Waals surface area (Å²) in [5, 5.41) is 3.75. The molecule has 0 radical (unpaired) electrons. The van der Waals surface area contributed by atoms with Gasteiger partial charge in [0.2, 0.25) is 0 Å². The van der Waals surface area contributed by atoms with Crippen molar-refractivity contribution in [3.8, 4) is 0 Å². The second-order valence-electron chi connectivity index (χ2n) is 2.48. The Morgan fingerprint density at radius 1 is 1.62 bits per heavy atom. The maximum atomic E-state index is 5.87. The van der Waals surface area contributed by atoms with E-state index in [2.05, 4.69) is 12.2 Å². The molecule has 0 spiro atoms. The van der Waals surface area contributed by atoms with E-state index < -0.39 is 0 Å². The van der Waals surface area contributed by atoms with Crippen molar-refractivity contribution in [1.29, 1.82) is 0 Å². The van der Waals surface area contributed by atoms with Crippen LogP contribution in [0.25, 0.3) is 0 Å². The molecule has 48 valence electrons. The van der Waals surface area contributed by atoms with Crippen LogP contribution in [0.2, 0.25) is 0 Å². The van der Waals surface area contributed by atoms with Gasteiger partial charge >= 0.3 is 0 Å². The van der Waals surface area contributed by atoms with E-state index >= 15 is 0 Å². The minimum absolute atomic E-state index is 0.422. The molecule has 0 aromatic carbocycles. The summed E-state index contributed by atoms with van der Waals surface area (Å²) in [5.41, 5.74) is 0. The standard InChI is InChI=1S/C6H12ClN/c1-5-4-6(7)2-3-8-5/h5-6,8H,2-4H2,1H3. The van der Waals surface area contributed by atoms with Crippen molar-refractivity contribution in [3.63, 3.8) is 0 Å². The van der Waals surface area contributed by atoms with E-state index in [1.54, 1.807) is 0 Å². The molecule has 1 aliphatic rings. The van der Waals surface area contributed by atoms with Gasteiger partial charge in [0.15, 0.2) is 0 Å². The fourth-order valence-corrected chi connectivity index (χ4v) is 1.45. The zero-order valence-electron chi connectivity index (χ0n) is 5.15. The van der Waals surface area contributed by atoms with E-state index in [9.17, 15) is 0 Å². The van der Waals surface area contributed by atoms with Crippen LogP contribution in [0.4, 0.5) is 0 Å². The van der Waals surface area contributed by atoms with E-state index in [4.69, 9.17) is 11.6 Å². The molecule has 1 nitrogen and oxygen atoms in total. The third-order valence-electron chi connectivity index (χ3n) is 1.56. The average Bonchev–Trinajstić information content (AvgIpc) is 1.64. The van der Waals surface area contributed by atoms with Gasteiger partial charge in [-0.3, -0.25) is 0 Å². The maximum Gasteiger partial charge on any atom is 0.0362 e. The van der Waals surface area contributed by atoms with Crippen molar-refractivity contribution < 1.29 is 0 Å². The highest BCUT2D eigenvalue weighted by molar-refractivity contribution is 6.20. The topological polar surface area (TPSA) is 12.0 Å². The van der Waals surface area contributed by atoms with E-state index in [-0.39, 0.29) is 0 Å². The minimum atomic E-state index is 0.422. The van der Waals surface area contributed by atoms with Gasteiger partial charge in [-0.15, -0.1) is 11.6 Å². The van der Waals surface area contributed by atoms with Gasteiger partial charge in [-0.25, -0.2) is 0 Å². The second kappa shape index (κ2) is 2.70. The maximum absolute atomic E-state index is 5.87. The van der Waals surface area contributed by atoms with E-state index in [0.29, 0.717) is 11.4 Å². The fourth-order valence-electron chi connectivity index (χ4n) is 1.07. The lowest BCUT2D eigenvalue weighted by molar-refractivity contribution is 0.430. The predicted octanol–water partition coefficient (Wildman–Crippen LogP) is 1.37. The minimum Gasteiger partial charge on any atom is -0.314 e. The van der Waals surface area contributed by atoms with Gasteiger partial charge in [-0.2, -0.15) is 0 Å². The van der Waals surface area contributed by atoms with Gasteiger partial charge in [0.25, 0.3) is 0 Å². The Morgan fingerprint density at radius 3 is 2.75 bits per heavy atom. The van der Waals surface area contributed by atoms with Gasteiger partial charge in [-0.05, 0) is 26.3 Å².